The summed E-state index contributed by atoms with van der Waals surface area (Å²) in [6.45, 7) is 7.77. The van der Waals surface area contributed by atoms with Crippen molar-refractivity contribution < 1.29 is 13.6 Å². The lowest BCUT2D eigenvalue weighted by Gasteiger charge is -2.35. The number of sulfonamides is 1. The van der Waals surface area contributed by atoms with Crippen molar-refractivity contribution >= 4 is 15.7 Å². The fourth-order valence-corrected chi connectivity index (χ4v) is 3.27. The first-order valence-corrected chi connectivity index (χ1v) is 6.84. The summed E-state index contributed by atoms with van der Waals surface area (Å²) in [6, 6.07) is 0. The van der Waals surface area contributed by atoms with E-state index in [4.69, 9.17) is 5.21 Å². The van der Waals surface area contributed by atoms with E-state index in [1.54, 1.807) is 20.8 Å². The van der Waals surface area contributed by atoms with Gasteiger partial charge in [0.15, 0.2) is 0 Å². The van der Waals surface area contributed by atoms with Crippen molar-refractivity contribution in [3.8, 4) is 0 Å². The van der Waals surface area contributed by atoms with Gasteiger partial charge in [-0.05, 0) is 20.8 Å². The van der Waals surface area contributed by atoms with Crippen LogP contribution in [-0.4, -0.2) is 41.5 Å². The molecule has 6 heteroatoms. The van der Waals surface area contributed by atoms with Crippen molar-refractivity contribution in [1.82, 2.24) is 4.31 Å². The lowest BCUT2D eigenvalue weighted by atomic mass is 10.00. The van der Waals surface area contributed by atoms with Crippen molar-refractivity contribution in [1.29, 1.82) is 0 Å². The van der Waals surface area contributed by atoms with Gasteiger partial charge in [-0.25, -0.2) is 12.7 Å². The molecule has 1 aliphatic rings. The van der Waals surface area contributed by atoms with Crippen LogP contribution in [0.2, 0.25) is 0 Å². The lowest BCUT2D eigenvalue weighted by Crippen LogP contribution is -2.49. The predicted octanol–water partition coefficient (Wildman–Crippen LogP) is 1.29. The number of nitrogens with zero attached hydrogens (tertiary/aromatic N) is 2. The first-order chi connectivity index (χ1) is 7.20. The first-order valence-electron chi connectivity index (χ1n) is 5.40. The van der Waals surface area contributed by atoms with Gasteiger partial charge in [-0.3, -0.25) is 0 Å². The third-order valence-electron chi connectivity index (χ3n) is 2.91. The van der Waals surface area contributed by atoms with E-state index in [-0.39, 0.29) is 5.92 Å². The van der Waals surface area contributed by atoms with Crippen LogP contribution in [0.25, 0.3) is 0 Å². The van der Waals surface area contributed by atoms with E-state index in [0.717, 1.165) is 0 Å². The molecule has 0 bridgehead atoms. The average Bonchev–Trinajstić information content (AvgIpc) is 2.15. The van der Waals surface area contributed by atoms with Crippen LogP contribution in [-0.2, 0) is 10.0 Å². The number of rotatable bonds is 1. The van der Waals surface area contributed by atoms with Crippen molar-refractivity contribution in [2.75, 3.05) is 13.1 Å². The van der Waals surface area contributed by atoms with Crippen LogP contribution in [0.4, 0.5) is 0 Å². The molecule has 0 amide bonds. The van der Waals surface area contributed by atoms with Crippen LogP contribution >= 0.6 is 0 Å². The van der Waals surface area contributed by atoms with Gasteiger partial charge >= 0.3 is 0 Å². The van der Waals surface area contributed by atoms with Crippen LogP contribution in [0.3, 0.4) is 0 Å². The fourth-order valence-electron chi connectivity index (χ4n) is 1.74. The zero-order valence-electron chi connectivity index (χ0n) is 10.3. The monoisotopic (exact) mass is 248 g/mol. The standard InChI is InChI=1S/C10H20N2O3S/c1-8-7-12(6-5-9(8)11-13)16(14,15)10(2,3)4/h8,13H,5-7H2,1-4H3. The largest absolute Gasteiger partial charge is 0.411 e. The second kappa shape index (κ2) is 4.33. The molecule has 1 N–H and O–H groups in total. The molecule has 0 saturated carbocycles. The van der Waals surface area contributed by atoms with Crippen LogP contribution in [0.5, 0.6) is 0 Å². The minimum Gasteiger partial charge on any atom is -0.411 e. The number of hydrogen-bond donors (Lipinski definition) is 1. The minimum absolute atomic E-state index is 0.0177. The molecule has 0 aromatic heterocycles. The summed E-state index contributed by atoms with van der Waals surface area (Å²) in [5, 5.41) is 11.9. The number of oxime groups is 1. The molecule has 94 valence electrons. The maximum absolute atomic E-state index is 12.2. The molecule has 16 heavy (non-hydrogen) atoms. The topological polar surface area (TPSA) is 70.0 Å². The van der Waals surface area contributed by atoms with E-state index < -0.39 is 14.8 Å². The Morgan fingerprint density at radius 1 is 1.44 bits per heavy atom. The molecular formula is C10H20N2O3S. The smallest absolute Gasteiger partial charge is 0.219 e. The summed E-state index contributed by atoms with van der Waals surface area (Å²) in [5.41, 5.74) is 0.681. The molecule has 1 heterocycles. The molecule has 0 aromatic rings. The third kappa shape index (κ3) is 2.38. The lowest BCUT2D eigenvalue weighted by molar-refractivity contribution is 0.299. The van der Waals surface area contributed by atoms with E-state index in [1.807, 2.05) is 6.92 Å². The second-order valence-corrected chi connectivity index (χ2v) is 7.91. The average molecular weight is 248 g/mol. The molecule has 0 spiro atoms. The maximum atomic E-state index is 12.2. The SMILES string of the molecule is CC1CN(S(=O)(=O)C(C)(C)C)CCC1=NO. The zero-order valence-corrected chi connectivity index (χ0v) is 11.1. The Labute approximate surface area is 97.2 Å². The third-order valence-corrected chi connectivity index (χ3v) is 5.47. The fraction of sp³-hybridized carbons (Fsp3) is 0.900. The van der Waals surface area contributed by atoms with Gasteiger partial charge in [0.2, 0.25) is 10.0 Å². The number of piperidine rings is 1. The summed E-state index contributed by atoms with van der Waals surface area (Å²) >= 11 is 0. The Balaban J connectivity index is 2.88. The minimum atomic E-state index is -3.27. The maximum Gasteiger partial charge on any atom is 0.219 e. The van der Waals surface area contributed by atoms with Gasteiger partial charge in [-0.1, -0.05) is 12.1 Å². The van der Waals surface area contributed by atoms with E-state index in [2.05, 4.69) is 5.16 Å². The Bertz CT molecular complexity index is 381. The molecule has 1 unspecified atom stereocenters. The Kier molecular flexibility index (Phi) is 3.64. The van der Waals surface area contributed by atoms with Crippen LogP contribution in [0, 0.1) is 5.92 Å². The normalized spacial score (nSPS) is 27.2. The van der Waals surface area contributed by atoms with Gasteiger partial charge in [0.05, 0.1) is 10.5 Å². The van der Waals surface area contributed by atoms with Crippen LogP contribution in [0.15, 0.2) is 5.16 Å². The second-order valence-electron chi connectivity index (χ2n) is 5.22. The molecule has 1 aliphatic heterocycles. The molecule has 1 rings (SSSR count). The van der Waals surface area contributed by atoms with Crippen molar-refractivity contribution in [2.45, 2.75) is 38.9 Å². The van der Waals surface area contributed by atoms with Gasteiger partial charge in [0.1, 0.15) is 0 Å². The summed E-state index contributed by atoms with van der Waals surface area (Å²) in [7, 11) is -3.27. The van der Waals surface area contributed by atoms with Crippen molar-refractivity contribution in [3.63, 3.8) is 0 Å². The Morgan fingerprint density at radius 3 is 2.38 bits per heavy atom. The molecule has 0 radical (unpaired) electrons. The summed E-state index contributed by atoms with van der Waals surface area (Å²) in [6.07, 6.45) is 0.507. The highest BCUT2D eigenvalue weighted by Gasteiger charge is 2.38. The summed E-state index contributed by atoms with van der Waals surface area (Å²) in [4.78, 5) is 0. The Hall–Kier alpha value is -0.620. The van der Waals surface area contributed by atoms with Gasteiger partial charge in [-0.2, -0.15) is 0 Å². The van der Waals surface area contributed by atoms with Gasteiger partial charge in [0, 0.05) is 25.4 Å². The van der Waals surface area contributed by atoms with E-state index >= 15 is 0 Å². The molecule has 0 aromatic carbocycles. The van der Waals surface area contributed by atoms with Crippen LogP contribution < -0.4 is 0 Å². The molecule has 1 saturated heterocycles. The van der Waals surface area contributed by atoms with Crippen molar-refractivity contribution in [2.24, 2.45) is 11.1 Å². The highest BCUT2D eigenvalue weighted by Crippen LogP contribution is 2.25. The van der Waals surface area contributed by atoms with Gasteiger partial charge in [0.25, 0.3) is 0 Å². The summed E-state index contributed by atoms with van der Waals surface area (Å²) < 4.78 is 25.1. The van der Waals surface area contributed by atoms with E-state index in [0.29, 0.717) is 25.2 Å². The first kappa shape index (κ1) is 13.4. The molecule has 5 nitrogen and oxygen atoms in total. The number of hydrogen-bond acceptors (Lipinski definition) is 4. The van der Waals surface area contributed by atoms with Gasteiger partial charge < -0.3 is 5.21 Å². The van der Waals surface area contributed by atoms with Crippen LogP contribution in [0.1, 0.15) is 34.1 Å². The molecule has 0 aliphatic carbocycles. The Morgan fingerprint density at radius 2 is 2.00 bits per heavy atom. The predicted molar refractivity (Wildman–Crippen MR) is 63.2 cm³/mol. The molecular weight excluding hydrogens is 228 g/mol. The quantitative estimate of drug-likeness (QED) is 0.561. The highest BCUT2D eigenvalue weighted by molar-refractivity contribution is 7.90. The van der Waals surface area contributed by atoms with E-state index in [9.17, 15) is 8.42 Å². The highest BCUT2D eigenvalue weighted by atomic mass is 32.2. The zero-order chi connectivity index (χ0) is 12.6. The van der Waals surface area contributed by atoms with Gasteiger partial charge in [-0.15, -0.1) is 0 Å². The molecule has 1 atom stereocenters. The van der Waals surface area contributed by atoms with E-state index in [1.165, 1.54) is 4.31 Å². The molecule has 1 fully saturated rings. The summed E-state index contributed by atoms with van der Waals surface area (Å²) in [5.74, 6) is -0.0177. The van der Waals surface area contributed by atoms with Crippen molar-refractivity contribution in [3.05, 3.63) is 0 Å².